The summed E-state index contributed by atoms with van der Waals surface area (Å²) in [6.45, 7) is 2.85. The molecule has 3 aromatic carbocycles. The fourth-order valence-electron chi connectivity index (χ4n) is 3.97. The topological polar surface area (TPSA) is 66.8 Å². The quantitative estimate of drug-likeness (QED) is 0.177. The zero-order chi connectivity index (χ0) is 23.8. The molecule has 0 radical (unpaired) electrons. The highest BCUT2D eigenvalue weighted by Crippen LogP contribution is 2.36. The maximum atomic E-state index is 13.0. The lowest BCUT2D eigenvalue weighted by atomic mass is 10.1. The highest BCUT2D eigenvalue weighted by Gasteiger charge is 2.28. The summed E-state index contributed by atoms with van der Waals surface area (Å²) in [7, 11) is 1.62. The van der Waals surface area contributed by atoms with Crippen LogP contribution in [0, 0.1) is 0 Å². The van der Waals surface area contributed by atoms with Crippen LogP contribution in [0.2, 0.25) is 0 Å². The van der Waals surface area contributed by atoms with Crippen molar-refractivity contribution in [1.29, 1.82) is 0 Å². The second kappa shape index (κ2) is 8.83. The molecule has 1 aliphatic heterocycles. The number of methoxy groups -OCH3 is 1. The molecular weight excluding hydrogens is 498 g/mol. The Kier molecular flexibility index (Phi) is 5.71. The third kappa shape index (κ3) is 3.88. The Morgan fingerprint density at radius 3 is 2.65 bits per heavy atom. The first-order chi connectivity index (χ1) is 16.5. The molecule has 0 N–H and O–H groups in total. The van der Waals surface area contributed by atoms with Gasteiger partial charge in [0.25, 0.3) is 0 Å². The van der Waals surface area contributed by atoms with E-state index < -0.39 is 5.97 Å². The number of Topliss-reactive ketones (excluding diaryl/α,β-unsaturated/α-hetero) is 1. The second-order valence-corrected chi connectivity index (χ2v) is 8.57. The maximum absolute atomic E-state index is 13.0. The Labute approximate surface area is 204 Å². The van der Waals surface area contributed by atoms with E-state index >= 15 is 0 Å². The van der Waals surface area contributed by atoms with E-state index in [0.717, 1.165) is 28.8 Å². The first-order valence-electron chi connectivity index (χ1n) is 10.7. The van der Waals surface area contributed by atoms with Gasteiger partial charge < -0.3 is 18.8 Å². The SMILES string of the molecule is CCn1cc(/C=C2\Oc3cc(OC(=O)c4ccccc4Br)ccc3C2=O)c2cc(OC)ccc21. The van der Waals surface area contributed by atoms with Gasteiger partial charge in [-0.1, -0.05) is 12.1 Å². The molecule has 6 nitrogen and oxygen atoms in total. The highest BCUT2D eigenvalue weighted by atomic mass is 79.9. The Balaban J connectivity index is 1.45. The summed E-state index contributed by atoms with van der Waals surface area (Å²) in [4.78, 5) is 25.5. The lowest BCUT2D eigenvalue weighted by molar-refractivity contribution is 0.0733. The number of ketones is 1. The van der Waals surface area contributed by atoms with Crippen molar-refractivity contribution in [2.45, 2.75) is 13.5 Å². The molecule has 4 aromatic rings. The van der Waals surface area contributed by atoms with Crippen LogP contribution in [0.25, 0.3) is 17.0 Å². The fraction of sp³-hybridized carbons (Fsp3) is 0.111. The van der Waals surface area contributed by atoms with Crippen molar-refractivity contribution in [2.24, 2.45) is 0 Å². The zero-order valence-electron chi connectivity index (χ0n) is 18.5. The van der Waals surface area contributed by atoms with Gasteiger partial charge in [0.1, 0.15) is 17.2 Å². The van der Waals surface area contributed by atoms with E-state index in [-0.39, 0.29) is 11.5 Å². The third-order valence-corrected chi connectivity index (χ3v) is 6.38. The molecule has 0 saturated heterocycles. The van der Waals surface area contributed by atoms with Crippen LogP contribution in [-0.4, -0.2) is 23.4 Å². The number of benzene rings is 3. The molecule has 0 unspecified atom stereocenters. The minimum Gasteiger partial charge on any atom is -0.497 e. The Hall–Kier alpha value is -3.84. The molecule has 0 bridgehead atoms. The number of hydrogen-bond donors (Lipinski definition) is 0. The van der Waals surface area contributed by atoms with E-state index in [2.05, 4.69) is 27.4 Å². The van der Waals surface area contributed by atoms with Crippen molar-refractivity contribution in [1.82, 2.24) is 4.57 Å². The van der Waals surface area contributed by atoms with E-state index in [9.17, 15) is 9.59 Å². The van der Waals surface area contributed by atoms with Crippen molar-refractivity contribution in [3.8, 4) is 17.2 Å². The van der Waals surface area contributed by atoms with Gasteiger partial charge in [0.05, 0.1) is 18.2 Å². The molecule has 0 fully saturated rings. The largest absolute Gasteiger partial charge is 0.497 e. The standard InChI is InChI=1S/C27H20BrNO5/c1-3-29-15-16(21-13-17(32-2)9-11-23(21)29)12-25-26(30)20-10-8-18(14-24(20)34-25)33-27(31)19-6-4-5-7-22(19)28/h4-15H,3H2,1-2H3/b25-12-. The van der Waals surface area contributed by atoms with Gasteiger partial charge in [-0.25, -0.2) is 4.79 Å². The van der Waals surface area contributed by atoms with E-state index in [4.69, 9.17) is 14.2 Å². The van der Waals surface area contributed by atoms with Crippen LogP contribution >= 0.6 is 15.9 Å². The van der Waals surface area contributed by atoms with E-state index in [0.29, 0.717) is 27.1 Å². The third-order valence-electron chi connectivity index (χ3n) is 5.69. The van der Waals surface area contributed by atoms with Crippen molar-refractivity contribution in [3.05, 3.63) is 93.8 Å². The van der Waals surface area contributed by atoms with Gasteiger partial charge in [-0.3, -0.25) is 4.79 Å². The normalized spacial score (nSPS) is 13.7. The number of ether oxygens (including phenoxy) is 3. The average molecular weight is 518 g/mol. The van der Waals surface area contributed by atoms with E-state index in [1.54, 1.807) is 49.6 Å². The number of aromatic nitrogens is 1. The first kappa shape index (κ1) is 22.0. The van der Waals surface area contributed by atoms with Crippen molar-refractivity contribution < 1.29 is 23.8 Å². The summed E-state index contributed by atoms with van der Waals surface area (Å²) in [5, 5.41) is 0.962. The monoisotopic (exact) mass is 517 g/mol. The lowest BCUT2D eigenvalue weighted by Crippen LogP contribution is -2.09. The van der Waals surface area contributed by atoms with Crippen molar-refractivity contribution >= 4 is 44.7 Å². The molecule has 170 valence electrons. The highest BCUT2D eigenvalue weighted by molar-refractivity contribution is 9.10. The molecule has 0 amide bonds. The van der Waals surface area contributed by atoms with Crippen LogP contribution in [0.1, 0.15) is 33.2 Å². The molecule has 5 rings (SSSR count). The number of carbonyl (C=O) groups excluding carboxylic acids is 2. The zero-order valence-corrected chi connectivity index (χ0v) is 20.1. The lowest BCUT2D eigenvalue weighted by Gasteiger charge is -2.06. The number of nitrogens with zero attached hydrogens (tertiary/aromatic N) is 1. The van der Waals surface area contributed by atoms with Crippen molar-refractivity contribution in [3.63, 3.8) is 0 Å². The number of aryl methyl sites for hydroxylation is 1. The summed E-state index contributed by atoms with van der Waals surface area (Å²) in [6, 6.07) is 17.6. The number of fused-ring (bicyclic) bond motifs is 2. The van der Waals surface area contributed by atoms with Gasteiger partial charge >= 0.3 is 5.97 Å². The van der Waals surface area contributed by atoms with Gasteiger partial charge in [-0.15, -0.1) is 0 Å². The van der Waals surface area contributed by atoms with E-state index in [1.807, 2.05) is 30.5 Å². The van der Waals surface area contributed by atoms with Crippen LogP contribution < -0.4 is 14.2 Å². The number of allylic oxidation sites excluding steroid dienone is 1. The van der Waals surface area contributed by atoms with Gasteiger partial charge in [0.2, 0.25) is 5.78 Å². The van der Waals surface area contributed by atoms with Gasteiger partial charge in [0.15, 0.2) is 5.76 Å². The molecular formula is C27H20BrNO5. The Morgan fingerprint density at radius 1 is 1.09 bits per heavy atom. The average Bonchev–Trinajstić information content (AvgIpc) is 3.35. The summed E-state index contributed by atoms with van der Waals surface area (Å²) >= 11 is 3.35. The van der Waals surface area contributed by atoms with Crippen LogP contribution in [0.5, 0.6) is 17.2 Å². The second-order valence-electron chi connectivity index (χ2n) is 7.72. The van der Waals surface area contributed by atoms with Gasteiger partial charge in [-0.2, -0.15) is 0 Å². The summed E-state index contributed by atoms with van der Waals surface area (Å²) in [5.74, 6) is 0.862. The van der Waals surface area contributed by atoms with E-state index in [1.165, 1.54) is 0 Å². The maximum Gasteiger partial charge on any atom is 0.344 e. The van der Waals surface area contributed by atoms with Crippen LogP contribution in [0.3, 0.4) is 0 Å². The molecule has 0 aliphatic carbocycles. The molecule has 34 heavy (non-hydrogen) atoms. The molecule has 2 heterocycles. The number of halogens is 1. The molecule has 1 aromatic heterocycles. The van der Waals surface area contributed by atoms with Crippen LogP contribution in [0.15, 0.2) is 77.1 Å². The number of rotatable bonds is 5. The summed E-state index contributed by atoms with van der Waals surface area (Å²) in [5.41, 5.74) is 2.72. The minimum atomic E-state index is -0.506. The summed E-state index contributed by atoms with van der Waals surface area (Å²) in [6.07, 6.45) is 3.73. The Morgan fingerprint density at radius 2 is 1.88 bits per heavy atom. The predicted octanol–water partition coefficient (Wildman–Crippen LogP) is 6.27. The Bertz CT molecular complexity index is 1480. The predicted molar refractivity (Wildman–Crippen MR) is 133 cm³/mol. The van der Waals surface area contributed by atoms with Crippen LogP contribution in [-0.2, 0) is 6.54 Å². The molecule has 1 aliphatic rings. The van der Waals surface area contributed by atoms with Crippen molar-refractivity contribution in [2.75, 3.05) is 7.11 Å². The first-order valence-corrected chi connectivity index (χ1v) is 11.5. The van der Waals surface area contributed by atoms with Gasteiger partial charge in [-0.05, 0) is 71.4 Å². The number of hydrogen-bond acceptors (Lipinski definition) is 5. The molecule has 0 saturated carbocycles. The minimum absolute atomic E-state index is 0.210. The van der Waals surface area contributed by atoms with Gasteiger partial charge in [0, 0.05) is 39.7 Å². The smallest absolute Gasteiger partial charge is 0.344 e. The van der Waals surface area contributed by atoms with Crippen LogP contribution in [0.4, 0.5) is 0 Å². The molecule has 0 atom stereocenters. The molecule has 7 heteroatoms. The molecule has 0 spiro atoms. The number of carbonyl (C=O) groups is 2. The summed E-state index contributed by atoms with van der Waals surface area (Å²) < 4.78 is 19.5. The number of esters is 1. The fourth-order valence-corrected chi connectivity index (χ4v) is 4.41.